The minimum absolute atomic E-state index is 0.294. The zero-order chi connectivity index (χ0) is 16.8. The molecule has 1 amide bonds. The van der Waals surface area contributed by atoms with Gasteiger partial charge in [0.1, 0.15) is 6.04 Å². The summed E-state index contributed by atoms with van der Waals surface area (Å²) in [4.78, 5) is 24.4. The lowest BCUT2D eigenvalue weighted by molar-refractivity contribution is -0.142. The molecule has 0 saturated heterocycles. The van der Waals surface area contributed by atoms with E-state index in [9.17, 15) is 9.59 Å². The number of methoxy groups -OCH3 is 1. The van der Waals surface area contributed by atoms with E-state index in [1.165, 1.54) is 7.11 Å². The van der Waals surface area contributed by atoms with Crippen LogP contribution in [0, 0.1) is 0 Å². The number of hydrogen-bond acceptors (Lipinski definition) is 3. The van der Waals surface area contributed by atoms with Crippen molar-refractivity contribution >= 4 is 39.4 Å². The third-order valence-corrected chi connectivity index (χ3v) is 4.07. The fraction of sp³-hybridized carbons (Fsp3) is 0.176. The first-order chi connectivity index (χ1) is 11.0. The van der Waals surface area contributed by atoms with E-state index < -0.39 is 17.9 Å². The Kier molecular flexibility index (Phi) is 6.19. The first kappa shape index (κ1) is 17.5. The van der Waals surface area contributed by atoms with E-state index in [-0.39, 0.29) is 0 Å². The molecular formula is C17H15BrClNO3. The van der Waals surface area contributed by atoms with Gasteiger partial charge in [-0.2, -0.15) is 0 Å². The van der Waals surface area contributed by atoms with Crippen LogP contribution in [0.2, 0.25) is 5.02 Å². The number of carbonyl (C=O) groups excluding carboxylic acids is 2. The second-order valence-electron chi connectivity index (χ2n) is 4.86. The van der Waals surface area contributed by atoms with Crippen molar-refractivity contribution in [3.63, 3.8) is 0 Å². The predicted octanol–water partition coefficient (Wildman–Crippen LogP) is 3.62. The highest BCUT2D eigenvalue weighted by atomic mass is 79.9. The Morgan fingerprint density at radius 1 is 1.22 bits per heavy atom. The van der Waals surface area contributed by atoms with Gasteiger partial charge in [0, 0.05) is 10.9 Å². The van der Waals surface area contributed by atoms with Gasteiger partial charge < -0.3 is 10.1 Å². The third-order valence-electron chi connectivity index (χ3n) is 3.25. The van der Waals surface area contributed by atoms with Gasteiger partial charge in [0.05, 0.1) is 17.7 Å². The van der Waals surface area contributed by atoms with Crippen LogP contribution in [0.15, 0.2) is 53.0 Å². The lowest BCUT2D eigenvalue weighted by Gasteiger charge is -2.17. The molecule has 0 fully saturated rings. The van der Waals surface area contributed by atoms with E-state index in [0.29, 0.717) is 17.0 Å². The maximum atomic E-state index is 12.4. The third kappa shape index (κ3) is 4.81. The Hall–Kier alpha value is -1.85. The predicted molar refractivity (Wildman–Crippen MR) is 92.6 cm³/mol. The minimum atomic E-state index is -0.787. The summed E-state index contributed by atoms with van der Waals surface area (Å²) in [6, 6.07) is 13.6. The molecule has 2 rings (SSSR count). The molecule has 4 nitrogen and oxygen atoms in total. The largest absolute Gasteiger partial charge is 0.467 e. The Balaban J connectivity index is 2.18. The summed E-state index contributed by atoms with van der Waals surface area (Å²) < 4.78 is 5.51. The van der Waals surface area contributed by atoms with Gasteiger partial charge in [0.2, 0.25) is 0 Å². The maximum absolute atomic E-state index is 12.4. The molecule has 0 saturated carbocycles. The molecule has 0 bridgehead atoms. The van der Waals surface area contributed by atoms with Crippen LogP contribution in [0.1, 0.15) is 15.9 Å². The van der Waals surface area contributed by atoms with Crippen molar-refractivity contribution in [1.29, 1.82) is 0 Å². The van der Waals surface area contributed by atoms with Crippen molar-refractivity contribution in [2.24, 2.45) is 0 Å². The van der Waals surface area contributed by atoms with Crippen LogP contribution in [0.4, 0.5) is 0 Å². The van der Waals surface area contributed by atoms with Crippen molar-refractivity contribution in [3.8, 4) is 0 Å². The number of benzene rings is 2. The first-order valence-electron chi connectivity index (χ1n) is 6.89. The Morgan fingerprint density at radius 3 is 2.57 bits per heavy atom. The summed E-state index contributed by atoms with van der Waals surface area (Å²) in [5.74, 6) is -0.934. The summed E-state index contributed by atoms with van der Waals surface area (Å²) in [5, 5.41) is 3.00. The second-order valence-corrected chi connectivity index (χ2v) is 6.19. The summed E-state index contributed by atoms with van der Waals surface area (Å²) in [6.07, 6.45) is 0.338. The van der Waals surface area contributed by atoms with Crippen LogP contribution < -0.4 is 5.32 Å². The maximum Gasteiger partial charge on any atom is 0.328 e. The smallest absolute Gasteiger partial charge is 0.328 e. The van der Waals surface area contributed by atoms with Gasteiger partial charge in [-0.1, -0.05) is 57.9 Å². The fourth-order valence-corrected chi connectivity index (χ4v) is 2.66. The lowest BCUT2D eigenvalue weighted by atomic mass is 10.1. The number of nitrogens with one attached hydrogen (secondary N) is 1. The van der Waals surface area contributed by atoms with Gasteiger partial charge in [0.15, 0.2) is 0 Å². The van der Waals surface area contributed by atoms with Crippen LogP contribution in [0.5, 0.6) is 0 Å². The van der Waals surface area contributed by atoms with Gasteiger partial charge in [0.25, 0.3) is 5.91 Å². The number of amides is 1. The SMILES string of the molecule is COC(=O)[C@@H](Cc1ccccc1)NC(=O)c1cc(Br)ccc1Cl. The van der Waals surface area contributed by atoms with E-state index in [0.717, 1.165) is 10.0 Å². The normalized spacial score (nSPS) is 11.6. The Labute approximate surface area is 147 Å². The molecule has 0 aliphatic heterocycles. The number of ether oxygens (including phenoxy) is 1. The summed E-state index contributed by atoms with van der Waals surface area (Å²) in [7, 11) is 1.29. The molecule has 0 aliphatic rings. The second kappa shape index (κ2) is 8.13. The number of esters is 1. The van der Waals surface area contributed by atoms with E-state index in [4.69, 9.17) is 16.3 Å². The average molecular weight is 397 g/mol. The molecule has 0 unspecified atom stereocenters. The first-order valence-corrected chi connectivity index (χ1v) is 8.06. The molecule has 2 aromatic rings. The van der Waals surface area contributed by atoms with Crippen LogP contribution in [-0.2, 0) is 16.0 Å². The van der Waals surface area contributed by atoms with Crippen LogP contribution >= 0.6 is 27.5 Å². The van der Waals surface area contributed by atoms with Crippen LogP contribution in [-0.4, -0.2) is 25.0 Å². The molecule has 23 heavy (non-hydrogen) atoms. The highest BCUT2D eigenvalue weighted by molar-refractivity contribution is 9.10. The molecule has 0 aliphatic carbocycles. The van der Waals surface area contributed by atoms with Crippen molar-refractivity contribution in [1.82, 2.24) is 5.32 Å². The average Bonchev–Trinajstić information content (AvgIpc) is 2.56. The number of rotatable bonds is 5. The molecule has 120 valence electrons. The molecule has 6 heteroatoms. The summed E-state index contributed by atoms with van der Waals surface area (Å²) >= 11 is 9.35. The van der Waals surface area contributed by atoms with Gasteiger partial charge in [-0.05, 0) is 23.8 Å². The van der Waals surface area contributed by atoms with E-state index in [1.54, 1.807) is 18.2 Å². The van der Waals surface area contributed by atoms with Crippen LogP contribution in [0.3, 0.4) is 0 Å². The summed E-state index contributed by atoms with van der Waals surface area (Å²) in [6.45, 7) is 0. The highest BCUT2D eigenvalue weighted by Crippen LogP contribution is 2.21. The molecule has 0 aromatic heterocycles. The van der Waals surface area contributed by atoms with Gasteiger partial charge in [-0.25, -0.2) is 4.79 Å². The minimum Gasteiger partial charge on any atom is -0.467 e. The van der Waals surface area contributed by atoms with E-state index in [2.05, 4.69) is 21.2 Å². The quantitative estimate of drug-likeness (QED) is 0.786. The molecule has 1 atom stereocenters. The van der Waals surface area contributed by atoms with Gasteiger partial charge in [-0.3, -0.25) is 4.79 Å². The van der Waals surface area contributed by atoms with Crippen molar-refractivity contribution in [3.05, 3.63) is 69.2 Å². The van der Waals surface area contributed by atoms with Gasteiger partial charge in [-0.15, -0.1) is 0 Å². The topological polar surface area (TPSA) is 55.4 Å². The fourth-order valence-electron chi connectivity index (χ4n) is 2.09. The number of halogens is 2. The van der Waals surface area contributed by atoms with Crippen molar-refractivity contribution in [2.75, 3.05) is 7.11 Å². The highest BCUT2D eigenvalue weighted by Gasteiger charge is 2.23. The number of hydrogen-bond donors (Lipinski definition) is 1. The summed E-state index contributed by atoms with van der Waals surface area (Å²) in [5.41, 5.74) is 1.21. The van der Waals surface area contributed by atoms with Crippen molar-refractivity contribution in [2.45, 2.75) is 12.5 Å². The zero-order valence-electron chi connectivity index (χ0n) is 12.4. The Morgan fingerprint density at radius 2 is 1.91 bits per heavy atom. The molecule has 0 spiro atoms. The van der Waals surface area contributed by atoms with Crippen molar-refractivity contribution < 1.29 is 14.3 Å². The molecule has 2 aromatic carbocycles. The standard InChI is InChI=1S/C17H15BrClNO3/c1-23-17(22)15(9-11-5-3-2-4-6-11)20-16(21)13-10-12(18)7-8-14(13)19/h2-8,10,15H,9H2,1H3,(H,20,21)/t15-/m1/s1. The van der Waals surface area contributed by atoms with E-state index in [1.807, 2.05) is 30.3 Å². The van der Waals surface area contributed by atoms with Crippen LogP contribution in [0.25, 0.3) is 0 Å². The lowest BCUT2D eigenvalue weighted by Crippen LogP contribution is -2.43. The number of carbonyl (C=O) groups is 2. The molecule has 0 radical (unpaired) electrons. The van der Waals surface area contributed by atoms with Gasteiger partial charge >= 0.3 is 5.97 Å². The Bertz CT molecular complexity index is 706. The van der Waals surface area contributed by atoms with E-state index >= 15 is 0 Å². The molecular weight excluding hydrogens is 382 g/mol. The zero-order valence-corrected chi connectivity index (χ0v) is 14.7. The monoisotopic (exact) mass is 395 g/mol. The molecule has 1 N–H and O–H groups in total. The molecule has 0 heterocycles.